The quantitative estimate of drug-likeness (QED) is 0.829. The summed E-state index contributed by atoms with van der Waals surface area (Å²) in [5.41, 5.74) is 2.05. The number of methoxy groups -OCH3 is 1. The van der Waals surface area contributed by atoms with Gasteiger partial charge < -0.3 is 9.84 Å². The maximum Gasteiger partial charge on any atom is 0.303 e. The number of benzene rings is 1. The van der Waals surface area contributed by atoms with Gasteiger partial charge in [0.1, 0.15) is 5.75 Å². The summed E-state index contributed by atoms with van der Waals surface area (Å²) in [7, 11) is 1.60. The number of aryl methyl sites for hydroxylation is 1. The minimum absolute atomic E-state index is 0.137. The lowest BCUT2D eigenvalue weighted by molar-refractivity contribution is -0.136. The van der Waals surface area contributed by atoms with Crippen molar-refractivity contribution in [1.29, 1.82) is 0 Å². The number of carbonyl (C=O) groups is 1. The van der Waals surface area contributed by atoms with Crippen LogP contribution in [0, 0.1) is 0 Å². The summed E-state index contributed by atoms with van der Waals surface area (Å²) in [6.45, 7) is 1.94. The van der Waals surface area contributed by atoms with E-state index in [0.29, 0.717) is 6.42 Å². The summed E-state index contributed by atoms with van der Waals surface area (Å²) < 4.78 is 5.12. The summed E-state index contributed by atoms with van der Waals surface area (Å²) in [5, 5.41) is 8.67. The van der Waals surface area contributed by atoms with Gasteiger partial charge >= 0.3 is 5.97 Å². The number of ether oxygens (including phenoxy) is 1. The third-order valence-electron chi connectivity index (χ3n) is 2.30. The van der Waals surface area contributed by atoms with Crippen molar-refractivity contribution in [3.63, 3.8) is 0 Å². The van der Waals surface area contributed by atoms with Crippen LogP contribution in [0.1, 0.15) is 24.5 Å². The van der Waals surface area contributed by atoms with Crippen LogP contribution < -0.4 is 4.74 Å². The molecule has 0 saturated carbocycles. The molecule has 1 N–H and O–H groups in total. The van der Waals surface area contributed by atoms with Crippen LogP contribution in [-0.2, 0) is 11.2 Å². The van der Waals surface area contributed by atoms with E-state index in [1.807, 2.05) is 37.3 Å². The molecule has 0 heterocycles. The van der Waals surface area contributed by atoms with E-state index in [9.17, 15) is 4.79 Å². The van der Waals surface area contributed by atoms with E-state index in [0.717, 1.165) is 16.9 Å². The fourth-order valence-corrected chi connectivity index (χ4v) is 1.51. The maximum absolute atomic E-state index is 10.5. The summed E-state index contributed by atoms with van der Waals surface area (Å²) in [6.07, 6.45) is 4.56. The van der Waals surface area contributed by atoms with E-state index in [1.54, 1.807) is 7.11 Å². The van der Waals surface area contributed by atoms with Crippen molar-refractivity contribution in [3.8, 4) is 5.75 Å². The average molecular weight is 220 g/mol. The van der Waals surface area contributed by atoms with Crippen LogP contribution in [0.2, 0.25) is 0 Å². The Kier molecular flexibility index (Phi) is 4.58. The average Bonchev–Trinajstić information content (AvgIpc) is 2.28. The second-order valence-corrected chi connectivity index (χ2v) is 3.46. The van der Waals surface area contributed by atoms with Gasteiger partial charge in [0.05, 0.1) is 7.11 Å². The molecule has 0 bridgehead atoms. The standard InChI is InChI=1S/C13H16O3/c1-3-4-10-5-7-12(16-2)9-11(10)6-8-13(14)15/h3-5,7,9H,6,8H2,1-2H3,(H,14,15)/b4-3-. The monoisotopic (exact) mass is 220 g/mol. The fourth-order valence-electron chi connectivity index (χ4n) is 1.51. The van der Waals surface area contributed by atoms with Gasteiger partial charge in [0.15, 0.2) is 0 Å². The van der Waals surface area contributed by atoms with Gasteiger partial charge in [0, 0.05) is 6.42 Å². The summed E-state index contributed by atoms with van der Waals surface area (Å²) in [6, 6.07) is 5.70. The molecule has 3 heteroatoms. The van der Waals surface area contributed by atoms with Gasteiger partial charge in [-0.25, -0.2) is 0 Å². The Labute approximate surface area is 95.4 Å². The highest BCUT2D eigenvalue weighted by Gasteiger charge is 2.04. The Morgan fingerprint density at radius 1 is 1.50 bits per heavy atom. The zero-order valence-corrected chi connectivity index (χ0v) is 9.56. The first-order chi connectivity index (χ1) is 7.67. The molecule has 0 radical (unpaired) electrons. The molecule has 1 aromatic carbocycles. The van der Waals surface area contributed by atoms with Crippen molar-refractivity contribution in [2.45, 2.75) is 19.8 Å². The van der Waals surface area contributed by atoms with Gasteiger partial charge in [-0.3, -0.25) is 4.79 Å². The van der Waals surface area contributed by atoms with E-state index in [1.165, 1.54) is 0 Å². The molecule has 1 aromatic rings. The topological polar surface area (TPSA) is 46.5 Å². The normalized spacial score (nSPS) is 10.6. The summed E-state index contributed by atoms with van der Waals surface area (Å²) in [5.74, 6) is -0.0251. The molecule has 16 heavy (non-hydrogen) atoms. The predicted octanol–water partition coefficient (Wildman–Crippen LogP) is 2.75. The molecule has 0 unspecified atom stereocenters. The van der Waals surface area contributed by atoms with Gasteiger partial charge in [-0.2, -0.15) is 0 Å². The number of hydrogen-bond donors (Lipinski definition) is 1. The van der Waals surface area contributed by atoms with Crippen LogP contribution in [0.5, 0.6) is 5.75 Å². The Hall–Kier alpha value is -1.77. The van der Waals surface area contributed by atoms with Crippen LogP contribution in [0.4, 0.5) is 0 Å². The van der Waals surface area contributed by atoms with E-state index < -0.39 is 5.97 Å². The molecule has 0 aliphatic carbocycles. The highest BCUT2D eigenvalue weighted by Crippen LogP contribution is 2.20. The Morgan fingerprint density at radius 2 is 2.25 bits per heavy atom. The molecule has 0 aromatic heterocycles. The SMILES string of the molecule is C/C=C\c1ccc(OC)cc1CCC(=O)O. The highest BCUT2D eigenvalue weighted by atomic mass is 16.5. The molecular weight excluding hydrogens is 204 g/mol. The fraction of sp³-hybridized carbons (Fsp3) is 0.308. The molecule has 3 nitrogen and oxygen atoms in total. The molecule has 0 atom stereocenters. The number of allylic oxidation sites excluding steroid dienone is 1. The number of carboxylic acids is 1. The van der Waals surface area contributed by atoms with Crippen molar-refractivity contribution in [1.82, 2.24) is 0 Å². The van der Waals surface area contributed by atoms with E-state index >= 15 is 0 Å². The van der Waals surface area contributed by atoms with Crippen LogP contribution in [-0.4, -0.2) is 18.2 Å². The van der Waals surface area contributed by atoms with Crippen molar-refractivity contribution in [2.24, 2.45) is 0 Å². The predicted molar refractivity (Wildman–Crippen MR) is 63.7 cm³/mol. The molecule has 0 aliphatic rings. The first-order valence-electron chi connectivity index (χ1n) is 5.18. The molecule has 0 fully saturated rings. The third kappa shape index (κ3) is 3.42. The highest BCUT2D eigenvalue weighted by molar-refractivity contribution is 5.67. The summed E-state index contributed by atoms with van der Waals surface area (Å²) in [4.78, 5) is 10.5. The molecule has 0 spiro atoms. The van der Waals surface area contributed by atoms with Gasteiger partial charge in [0.2, 0.25) is 0 Å². The van der Waals surface area contributed by atoms with Gasteiger partial charge in [0.25, 0.3) is 0 Å². The van der Waals surface area contributed by atoms with E-state index in [4.69, 9.17) is 9.84 Å². The number of hydrogen-bond acceptors (Lipinski definition) is 2. The third-order valence-corrected chi connectivity index (χ3v) is 2.30. The van der Waals surface area contributed by atoms with Gasteiger partial charge in [-0.1, -0.05) is 18.2 Å². The minimum Gasteiger partial charge on any atom is -0.497 e. The van der Waals surface area contributed by atoms with Crippen molar-refractivity contribution in [2.75, 3.05) is 7.11 Å². The molecule has 1 rings (SSSR count). The van der Waals surface area contributed by atoms with Gasteiger partial charge in [-0.15, -0.1) is 0 Å². The smallest absolute Gasteiger partial charge is 0.303 e. The summed E-state index contributed by atoms with van der Waals surface area (Å²) >= 11 is 0. The lowest BCUT2D eigenvalue weighted by atomic mass is 10.0. The number of aliphatic carboxylic acids is 1. The van der Waals surface area contributed by atoms with Crippen LogP contribution in [0.3, 0.4) is 0 Å². The van der Waals surface area contributed by atoms with Gasteiger partial charge in [-0.05, 0) is 36.6 Å². The van der Waals surface area contributed by atoms with Crippen molar-refractivity contribution < 1.29 is 14.6 Å². The van der Waals surface area contributed by atoms with Crippen molar-refractivity contribution >= 4 is 12.0 Å². The first kappa shape index (κ1) is 12.3. The molecule has 0 aliphatic heterocycles. The zero-order chi connectivity index (χ0) is 12.0. The Morgan fingerprint density at radius 3 is 2.81 bits per heavy atom. The molecule has 0 amide bonds. The largest absolute Gasteiger partial charge is 0.497 e. The second kappa shape index (κ2) is 5.95. The van der Waals surface area contributed by atoms with Crippen LogP contribution >= 0.6 is 0 Å². The molecular formula is C13H16O3. The van der Waals surface area contributed by atoms with Crippen LogP contribution in [0.15, 0.2) is 24.3 Å². The molecule has 86 valence electrons. The van der Waals surface area contributed by atoms with Crippen molar-refractivity contribution in [3.05, 3.63) is 35.4 Å². The van der Waals surface area contributed by atoms with Crippen LogP contribution in [0.25, 0.3) is 6.08 Å². The molecule has 0 saturated heterocycles. The lowest BCUT2D eigenvalue weighted by Crippen LogP contribution is -1.99. The van der Waals surface area contributed by atoms with E-state index in [2.05, 4.69) is 0 Å². The zero-order valence-electron chi connectivity index (χ0n) is 9.56. The lowest BCUT2D eigenvalue weighted by Gasteiger charge is -2.07. The Balaban J connectivity index is 2.95. The minimum atomic E-state index is -0.783. The maximum atomic E-state index is 10.5. The number of carboxylic acid groups (broad SMARTS) is 1. The first-order valence-corrected chi connectivity index (χ1v) is 5.18. The Bertz CT molecular complexity index is 394. The number of rotatable bonds is 5. The van der Waals surface area contributed by atoms with E-state index in [-0.39, 0.29) is 6.42 Å². The second-order valence-electron chi connectivity index (χ2n) is 3.46.